The molecule has 2 rings (SSSR count). The molecule has 1 aliphatic rings. The predicted octanol–water partition coefficient (Wildman–Crippen LogP) is 3.69. The molecule has 2 N–H and O–H groups in total. The van der Waals surface area contributed by atoms with Crippen LogP contribution >= 0.6 is 0 Å². The lowest BCUT2D eigenvalue weighted by Gasteiger charge is -2.22. The van der Waals surface area contributed by atoms with E-state index in [1.807, 2.05) is 0 Å². The third kappa shape index (κ3) is 5.85. The van der Waals surface area contributed by atoms with Crippen molar-refractivity contribution in [3.63, 3.8) is 0 Å². The van der Waals surface area contributed by atoms with Crippen molar-refractivity contribution < 1.29 is 18.0 Å². The maximum atomic E-state index is 12.6. The molecular formula is C17H19F3N2O. The Morgan fingerprint density at radius 3 is 2.65 bits per heavy atom. The lowest BCUT2D eigenvalue weighted by atomic mass is 9.96. The lowest BCUT2D eigenvalue weighted by molar-refractivity contribution is -0.137. The number of amides is 2. The van der Waals surface area contributed by atoms with Gasteiger partial charge in [0.2, 0.25) is 0 Å². The van der Waals surface area contributed by atoms with Gasteiger partial charge in [-0.25, -0.2) is 4.79 Å². The van der Waals surface area contributed by atoms with E-state index in [1.165, 1.54) is 18.6 Å². The van der Waals surface area contributed by atoms with Crippen LogP contribution in [0.3, 0.4) is 0 Å². The van der Waals surface area contributed by atoms with Crippen molar-refractivity contribution >= 4 is 6.03 Å². The van der Waals surface area contributed by atoms with Crippen molar-refractivity contribution in [3.05, 3.63) is 35.4 Å². The van der Waals surface area contributed by atoms with Crippen molar-refractivity contribution in [2.75, 3.05) is 6.54 Å². The van der Waals surface area contributed by atoms with Gasteiger partial charge in [0.05, 0.1) is 12.1 Å². The number of rotatable bonds is 2. The summed E-state index contributed by atoms with van der Waals surface area (Å²) in [5, 5.41) is 5.48. The van der Waals surface area contributed by atoms with Gasteiger partial charge in [-0.15, -0.1) is 0 Å². The van der Waals surface area contributed by atoms with Crippen LogP contribution in [0.4, 0.5) is 18.0 Å². The van der Waals surface area contributed by atoms with E-state index in [1.54, 1.807) is 0 Å². The highest BCUT2D eigenvalue weighted by molar-refractivity contribution is 5.74. The fraction of sp³-hybridized carbons (Fsp3) is 0.471. The molecule has 0 saturated heterocycles. The van der Waals surface area contributed by atoms with Gasteiger partial charge in [0.25, 0.3) is 0 Å². The summed E-state index contributed by atoms with van der Waals surface area (Å²) in [6.45, 7) is 0.0921. The summed E-state index contributed by atoms with van der Waals surface area (Å²) >= 11 is 0. The van der Waals surface area contributed by atoms with E-state index >= 15 is 0 Å². The topological polar surface area (TPSA) is 41.1 Å². The van der Waals surface area contributed by atoms with Crippen LogP contribution in [0.15, 0.2) is 24.3 Å². The Balaban J connectivity index is 1.80. The molecule has 23 heavy (non-hydrogen) atoms. The van der Waals surface area contributed by atoms with Crippen LogP contribution in [0.5, 0.6) is 0 Å². The Labute approximate surface area is 133 Å². The van der Waals surface area contributed by atoms with Crippen LogP contribution < -0.4 is 10.6 Å². The van der Waals surface area contributed by atoms with Crippen LogP contribution in [0.25, 0.3) is 0 Å². The highest BCUT2D eigenvalue weighted by atomic mass is 19.4. The predicted molar refractivity (Wildman–Crippen MR) is 81.7 cm³/mol. The Morgan fingerprint density at radius 2 is 1.96 bits per heavy atom. The molecule has 1 saturated carbocycles. The molecule has 1 fully saturated rings. The third-order valence-corrected chi connectivity index (χ3v) is 3.70. The highest BCUT2D eigenvalue weighted by Gasteiger charge is 2.30. The van der Waals surface area contributed by atoms with Crippen LogP contribution in [0.1, 0.15) is 43.2 Å². The first-order valence-corrected chi connectivity index (χ1v) is 7.65. The Hall–Kier alpha value is -2.16. The number of halogens is 3. The molecular weight excluding hydrogens is 305 g/mol. The molecule has 0 atom stereocenters. The van der Waals surface area contributed by atoms with E-state index in [2.05, 4.69) is 22.5 Å². The zero-order valence-corrected chi connectivity index (χ0v) is 12.7. The minimum absolute atomic E-state index is 0.0921. The van der Waals surface area contributed by atoms with E-state index < -0.39 is 11.7 Å². The van der Waals surface area contributed by atoms with E-state index in [-0.39, 0.29) is 24.2 Å². The molecule has 0 unspecified atom stereocenters. The van der Waals surface area contributed by atoms with Crippen LogP contribution in [0, 0.1) is 11.8 Å². The highest BCUT2D eigenvalue weighted by Crippen LogP contribution is 2.29. The summed E-state index contributed by atoms with van der Waals surface area (Å²) in [7, 11) is 0. The maximum Gasteiger partial charge on any atom is 0.416 e. The Bertz CT molecular complexity index is 596. The van der Waals surface area contributed by atoms with Gasteiger partial charge in [-0.05, 0) is 31.0 Å². The summed E-state index contributed by atoms with van der Waals surface area (Å²) in [6, 6.07) is 4.74. The number of carbonyl (C=O) groups excluding carboxylic acids is 1. The van der Waals surface area contributed by atoms with Crippen LogP contribution in [-0.4, -0.2) is 18.6 Å². The van der Waals surface area contributed by atoms with Crippen LogP contribution in [-0.2, 0) is 6.18 Å². The number of hydrogen-bond acceptors (Lipinski definition) is 1. The number of carbonyl (C=O) groups is 1. The first kappa shape index (κ1) is 17.2. The van der Waals surface area contributed by atoms with Crippen molar-refractivity contribution in [2.24, 2.45) is 0 Å². The molecule has 1 aromatic rings. The van der Waals surface area contributed by atoms with E-state index in [9.17, 15) is 18.0 Å². The summed E-state index contributed by atoms with van der Waals surface area (Å²) in [5.41, 5.74) is -0.457. The minimum Gasteiger partial charge on any atom is -0.335 e. The fourth-order valence-electron chi connectivity index (χ4n) is 2.53. The minimum atomic E-state index is -4.38. The summed E-state index contributed by atoms with van der Waals surface area (Å²) in [5.74, 6) is 5.28. The monoisotopic (exact) mass is 324 g/mol. The van der Waals surface area contributed by atoms with E-state index in [4.69, 9.17) is 0 Å². The van der Waals surface area contributed by atoms with Gasteiger partial charge in [-0.1, -0.05) is 37.2 Å². The lowest BCUT2D eigenvalue weighted by Crippen LogP contribution is -2.42. The molecule has 0 bridgehead atoms. The molecule has 1 aliphatic carbocycles. The van der Waals surface area contributed by atoms with Crippen LogP contribution in [0.2, 0.25) is 0 Å². The number of urea groups is 1. The molecule has 6 heteroatoms. The molecule has 0 aliphatic heterocycles. The number of alkyl halides is 3. The normalized spacial score (nSPS) is 15.4. The molecule has 0 aromatic heterocycles. The molecule has 0 heterocycles. The second kappa shape index (κ2) is 7.91. The molecule has 0 radical (unpaired) electrons. The van der Waals surface area contributed by atoms with E-state index in [0.29, 0.717) is 0 Å². The van der Waals surface area contributed by atoms with Gasteiger partial charge >= 0.3 is 12.2 Å². The molecule has 0 spiro atoms. The van der Waals surface area contributed by atoms with Crippen molar-refractivity contribution in [3.8, 4) is 11.8 Å². The largest absolute Gasteiger partial charge is 0.416 e. The van der Waals surface area contributed by atoms with Gasteiger partial charge in [-0.3, -0.25) is 0 Å². The van der Waals surface area contributed by atoms with Gasteiger partial charge in [0.15, 0.2) is 0 Å². The average Bonchev–Trinajstić information content (AvgIpc) is 2.52. The Kier molecular flexibility index (Phi) is 5.91. The van der Waals surface area contributed by atoms with Crippen molar-refractivity contribution in [1.29, 1.82) is 0 Å². The molecule has 2 amide bonds. The smallest absolute Gasteiger partial charge is 0.335 e. The first-order valence-electron chi connectivity index (χ1n) is 7.65. The number of benzene rings is 1. The van der Waals surface area contributed by atoms with Gasteiger partial charge in [0.1, 0.15) is 0 Å². The molecule has 1 aromatic carbocycles. The van der Waals surface area contributed by atoms with Gasteiger partial charge < -0.3 is 10.6 Å². The standard InChI is InChI=1S/C17H19F3N2O/c18-17(19,20)14-8-4-6-13(12-14)7-5-11-21-16(23)22-15-9-2-1-3-10-15/h4,6,8,12,15H,1-3,9-11H2,(H2,21,22,23). The first-order chi connectivity index (χ1) is 10.9. The fourth-order valence-corrected chi connectivity index (χ4v) is 2.53. The maximum absolute atomic E-state index is 12.6. The number of nitrogens with one attached hydrogen (secondary N) is 2. The summed E-state index contributed by atoms with van der Waals surface area (Å²) < 4.78 is 37.7. The quantitative estimate of drug-likeness (QED) is 0.801. The molecule has 124 valence electrons. The third-order valence-electron chi connectivity index (χ3n) is 3.70. The average molecular weight is 324 g/mol. The van der Waals surface area contributed by atoms with Crippen molar-refractivity contribution in [1.82, 2.24) is 10.6 Å². The van der Waals surface area contributed by atoms with Gasteiger partial charge in [0, 0.05) is 11.6 Å². The second-order valence-corrected chi connectivity index (χ2v) is 5.54. The zero-order chi connectivity index (χ0) is 16.7. The van der Waals surface area contributed by atoms with Crippen molar-refractivity contribution in [2.45, 2.75) is 44.3 Å². The summed E-state index contributed by atoms with van der Waals surface area (Å²) in [6.07, 6.45) is 1.06. The SMILES string of the molecule is O=C(NCC#Cc1cccc(C(F)(F)F)c1)NC1CCCCC1. The van der Waals surface area contributed by atoms with Gasteiger partial charge in [-0.2, -0.15) is 13.2 Å². The van der Waals surface area contributed by atoms with E-state index in [0.717, 1.165) is 37.8 Å². The second-order valence-electron chi connectivity index (χ2n) is 5.54. The number of hydrogen-bond donors (Lipinski definition) is 2. The Morgan fingerprint density at radius 1 is 1.22 bits per heavy atom. The summed E-state index contributed by atoms with van der Waals surface area (Å²) in [4.78, 5) is 11.7. The zero-order valence-electron chi connectivity index (χ0n) is 12.7. The molecule has 3 nitrogen and oxygen atoms in total.